The molecule has 1 aliphatic rings. The van der Waals surface area contributed by atoms with Gasteiger partial charge in [-0.1, -0.05) is 6.07 Å². The summed E-state index contributed by atoms with van der Waals surface area (Å²) in [5.74, 6) is 0. The minimum atomic E-state index is 0.0655. The Morgan fingerprint density at radius 1 is 1.18 bits per heavy atom. The van der Waals surface area contributed by atoms with Gasteiger partial charge in [-0.3, -0.25) is 4.98 Å². The van der Waals surface area contributed by atoms with Gasteiger partial charge in [-0.25, -0.2) is 4.68 Å². The Hall–Kier alpha value is -1.68. The third kappa shape index (κ3) is 2.08. The van der Waals surface area contributed by atoms with Gasteiger partial charge in [0.25, 0.3) is 0 Å². The van der Waals surface area contributed by atoms with Crippen molar-refractivity contribution in [3.05, 3.63) is 36.7 Å². The highest BCUT2D eigenvalue weighted by Crippen LogP contribution is 2.26. The summed E-state index contributed by atoms with van der Waals surface area (Å²) in [5.41, 5.74) is 1.97. The molecule has 1 saturated heterocycles. The fourth-order valence-electron chi connectivity index (χ4n) is 2.18. The van der Waals surface area contributed by atoms with Crippen molar-refractivity contribution < 1.29 is 4.74 Å². The Balaban J connectivity index is 1.93. The summed E-state index contributed by atoms with van der Waals surface area (Å²) in [6.07, 6.45) is 7.05. The predicted molar refractivity (Wildman–Crippen MR) is 64.3 cm³/mol. The van der Waals surface area contributed by atoms with Crippen LogP contribution in [0.25, 0.3) is 11.4 Å². The number of rotatable bonds is 2. The normalized spacial score (nSPS) is 20.4. The van der Waals surface area contributed by atoms with Crippen LogP contribution in [0.1, 0.15) is 25.5 Å². The topological polar surface area (TPSA) is 39.9 Å². The molecule has 4 nitrogen and oxygen atoms in total. The van der Waals surface area contributed by atoms with Crippen LogP contribution in [0.4, 0.5) is 0 Å². The monoisotopic (exact) mass is 229 g/mol. The van der Waals surface area contributed by atoms with E-state index < -0.39 is 0 Å². The first-order valence-corrected chi connectivity index (χ1v) is 6.02. The molecular formula is C13H15N3O. The van der Waals surface area contributed by atoms with Gasteiger partial charge in [0.05, 0.1) is 11.4 Å². The second-order valence-corrected chi connectivity index (χ2v) is 4.20. The maximum Gasteiger partial charge on any atom is 0.150 e. The summed E-state index contributed by atoms with van der Waals surface area (Å²) in [6, 6.07) is 7.89. The van der Waals surface area contributed by atoms with Gasteiger partial charge in [-0.2, -0.15) is 5.10 Å². The van der Waals surface area contributed by atoms with E-state index in [4.69, 9.17) is 4.74 Å². The van der Waals surface area contributed by atoms with E-state index in [0.717, 1.165) is 30.8 Å². The van der Waals surface area contributed by atoms with Crippen molar-refractivity contribution in [2.75, 3.05) is 6.61 Å². The zero-order valence-corrected chi connectivity index (χ0v) is 9.62. The zero-order valence-electron chi connectivity index (χ0n) is 9.62. The van der Waals surface area contributed by atoms with Gasteiger partial charge >= 0.3 is 0 Å². The number of hydrogen-bond donors (Lipinski definition) is 0. The summed E-state index contributed by atoms with van der Waals surface area (Å²) in [7, 11) is 0. The molecule has 0 aliphatic carbocycles. The van der Waals surface area contributed by atoms with E-state index in [-0.39, 0.29) is 6.23 Å². The molecule has 2 aromatic heterocycles. The van der Waals surface area contributed by atoms with Gasteiger partial charge in [0.1, 0.15) is 0 Å². The number of nitrogens with zero attached hydrogens (tertiary/aromatic N) is 3. The van der Waals surface area contributed by atoms with Crippen molar-refractivity contribution in [1.29, 1.82) is 0 Å². The highest BCUT2D eigenvalue weighted by molar-refractivity contribution is 5.53. The Bertz CT molecular complexity index is 474. The number of ether oxygens (including phenoxy) is 1. The summed E-state index contributed by atoms with van der Waals surface area (Å²) in [4.78, 5) is 4.36. The number of aromatic nitrogens is 3. The molecule has 0 saturated carbocycles. The van der Waals surface area contributed by atoms with Gasteiger partial charge in [0.15, 0.2) is 6.23 Å². The molecule has 1 unspecified atom stereocenters. The number of hydrogen-bond acceptors (Lipinski definition) is 3. The van der Waals surface area contributed by atoms with E-state index in [1.807, 2.05) is 35.1 Å². The fourth-order valence-corrected chi connectivity index (χ4v) is 2.18. The largest absolute Gasteiger partial charge is 0.356 e. The predicted octanol–water partition coefficient (Wildman–Crippen LogP) is 2.64. The van der Waals surface area contributed by atoms with Crippen LogP contribution in [0.5, 0.6) is 0 Å². The quantitative estimate of drug-likeness (QED) is 0.794. The summed E-state index contributed by atoms with van der Waals surface area (Å²) in [5, 5.41) is 4.37. The molecule has 0 bridgehead atoms. The van der Waals surface area contributed by atoms with Crippen molar-refractivity contribution in [1.82, 2.24) is 14.8 Å². The molecule has 2 aromatic rings. The molecule has 0 spiro atoms. The van der Waals surface area contributed by atoms with Crippen molar-refractivity contribution >= 4 is 0 Å². The Labute approximate surface area is 100 Å². The minimum Gasteiger partial charge on any atom is -0.356 e. The molecule has 1 atom stereocenters. The summed E-state index contributed by atoms with van der Waals surface area (Å²) < 4.78 is 7.70. The van der Waals surface area contributed by atoms with E-state index in [2.05, 4.69) is 10.1 Å². The molecule has 1 aliphatic heterocycles. The maximum atomic E-state index is 5.76. The van der Waals surface area contributed by atoms with E-state index in [1.54, 1.807) is 6.20 Å². The Morgan fingerprint density at radius 2 is 2.18 bits per heavy atom. The van der Waals surface area contributed by atoms with Crippen LogP contribution in [0.2, 0.25) is 0 Å². The van der Waals surface area contributed by atoms with Crippen molar-refractivity contribution in [3.63, 3.8) is 0 Å². The summed E-state index contributed by atoms with van der Waals surface area (Å²) >= 11 is 0. The highest BCUT2D eigenvalue weighted by Gasteiger charge is 2.19. The number of pyridine rings is 1. The van der Waals surface area contributed by atoms with Crippen LogP contribution in [-0.2, 0) is 4.74 Å². The molecule has 3 rings (SSSR count). The van der Waals surface area contributed by atoms with Crippen LogP contribution < -0.4 is 0 Å². The lowest BCUT2D eigenvalue weighted by Gasteiger charge is -2.24. The second kappa shape index (κ2) is 4.67. The molecule has 0 radical (unpaired) electrons. The molecular weight excluding hydrogens is 214 g/mol. The van der Waals surface area contributed by atoms with Crippen LogP contribution in [0.15, 0.2) is 36.7 Å². The molecule has 1 fully saturated rings. The van der Waals surface area contributed by atoms with Crippen molar-refractivity contribution in [2.45, 2.75) is 25.5 Å². The average Bonchev–Trinajstić information content (AvgIpc) is 2.90. The van der Waals surface area contributed by atoms with E-state index >= 15 is 0 Å². The van der Waals surface area contributed by atoms with Gasteiger partial charge < -0.3 is 4.74 Å². The van der Waals surface area contributed by atoms with Crippen molar-refractivity contribution in [2.24, 2.45) is 0 Å². The van der Waals surface area contributed by atoms with Gasteiger partial charge in [0, 0.05) is 19.0 Å². The molecule has 0 aromatic carbocycles. The van der Waals surface area contributed by atoms with Crippen LogP contribution in [0, 0.1) is 0 Å². The third-order valence-electron chi connectivity index (χ3n) is 3.03. The zero-order chi connectivity index (χ0) is 11.5. The van der Waals surface area contributed by atoms with Crippen LogP contribution >= 0.6 is 0 Å². The van der Waals surface area contributed by atoms with Crippen molar-refractivity contribution in [3.8, 4) is 11.4 Å². The Kier molecular flexibility index (Phi) is 2.88. The second-order valence-electron chi connectivity index (χ2n) is 4.20. The first-order chi connectivity index (χ1) is 8.45. The smallest absolute Gasteiger partial charge is 0.150 e. The van der Waals surface area contributed by atoms with Gasteiger partial charge in [0.2, 0.25) is 0 Å². The minimum absolute atomic E-state index is 0.0655. The molecule has 3 heterocycles. The lowest BCUT2D eigenvalue weighted by molar-refractivity contribution is -0.0384. The van der Waals surface area contributed by atoms with Gasteiger partial charge in [-0.15, -0.1) is 0 Å². The third-order valence-corrected chi connectivity index (χ3v) is 3.03. The van der Waals surface area contributed by atoms with Gasteiger partial charge in [-0.05, 0) is 37.5 Å². The first-order valence-electron chi connectivity index (χ1n) is 6.02. The molecule has 17 heavy (non-hydrogen) atoms. The Morgan fingerprint density at radius 3 is 2.94 bits per heavy atom. The first kappa shape index (κ1) is 10.5. The molecule has 0 amide bonds. The highest BCUT2D eigenvalue weighted by atomic mass is 16.5. The molecule has 4 heteroatoms. The average molecular weight is 229 g/mol. The fraction of sp³-hybridized carbons (Fsp3) is 0.385. The van der Waals surface area contributed by atoms with Crippen LogP contribution in [0.3, 0.4) is 0 Å². The van der Waals surface area contributed by atoms with Crippen LogP contribution in [-0.4, -0.2) is 21.4 Å². The lowest BCUT2D eigenvalue weighted by atomic mass is 10.2. The van der Waals surface area contributed by atoms with E-state index in [0.29, 0.717) is 0 Å². The van der Waals surface area contributed by atoms with E-state index in [9.17, 15) is 0 Å². The standard InChI is InChI=1S/C13H15N3O/c1-3-8-14-11(5-1)12-7-9-15-16(12)13-6-2-4-10-17-13/h1,3,5,7-9,13H,2,4,6,10H2. The SMILES string of the molecule is c1ccc(-c2ccnn2C2CCCCO2)nc1. The molecule has 0 N–H and O–H groups in total. The summed E-state index contributed by atoms with van der Waals surface area (Å²) in [6.45, 7) is 0.826. The lowest BCUT2D eigenvalue weighted by Crippen LogP contribution is -2.19. The van der Waals surface area contributed by atoms with E-state index in [1.165, 1.54) is 6.42 Å². The maximum absolute atomic E-state index is 5.76. The molecule has 88 valence electrons.